The van der Waals surface area contributed by atoms with Crippen molar-refractivity contribution >= 4 is 11.3 Å². The van der Waals surface area contributed by atoms with Crippen molar-refractivity contribution in [3.63, 3.8) is 0 Å². The predicted molar refractivity (Wildman–Crippen MR) is 61.6 cm³/mol. The molecular weight excluding hydrogens is 192 g/mol. The Hall–Kier alpha value is -0.380. The summed E-state index contributed by atoms with van der Waals surface area (Å²) in [7, 11) is 4.26. The van der Waals surface area contributed by atoms with E-state index < -0.39 is 0 Å². The molecule has 2 nitrogen and oxygen atoms in total. The van der Waals surface area contributed by atoms with Crippen LogP contribution in [0.3, 0.4) is 0 Å². The van der Waals surface area contributed by atoms with Gasteiger partial charge >= 0.3 is 0 Å². The number of nitrogens with zero attached hydrogens (tertiary/aromatic N) is 2. The van der Waals surface area contributed by atoms with Crippen LogP contribution in [0, 0.1) is 0 Å². The van der Waals surface area contributed by atoms with Gasteiger partial charge < -0.3 is 0 Å². The molecule has 3 heteroatoms. The Morgan fingerprint density at radius 2 is 2.07 bits per heavy atom. The smallest absolute Gasteiger partial charge is 0.0139 e. The molecular formula is C11H18N2S. The summed E-state index contributed by atoms with van der Waals surface area (Å²) in [4.78, 5) is 1.57. The van der Waals surface area contributed by atoms with E-state index in [1.165, 1.54) is 25.9 Å². The van der Waals surface area contributed by atoms with Crippen LogP contribution in [0.15, 0.2) is 17.5 Å². The Bertz CT molecular complexity index is 261. The van der Waals surface area contributed by atoms with Gasteiger partial charge in [-0.15, -0.1) is 11.3 Å². The van der Waals surface area contributed by atoms with E-state index in [9.17, 15) is 0 Å². The van der Waals surface area contributed by atoms with E-state index in [2.05, 4.69) is 41.6 Å². The van der Waals surface area contributed by atoms with Crippen LogP contribution in [-0.4, -0.2) is 37.2 Å². The summed E-state index contributed by atoms with van der Waals surface area (Å²) in [6.45, 7) is 2.41. The molecule has 0 atom stereocenters. The summed E-state index contributed by atoms with van der Waals surface area (Å²) >= 11 is 1.91. The zero-order chi connectivity index (χ0) is 9.97. The first-order valence-electron chi connectivity index (χ1n) is 5.23. The summed E-state index contributed by atoms with van der Waals surface area (Å²) in [5.74, 6) is 0.811. The largest absolute Gasteiger partial charge is 0.248 e. The maximum atomic E-state index is 2.42. The maximum Gasteiger partial charge on any atom is 0.0139 e. The number of rotatable bonds is 2. The molecule has 0 aliphatic carbocycles. The molecule has 1 fully saturated rings. The Morgan fingerprint density at radius 3 is 2.57 bits per heavy atom. The number of thiophene rings is 1. The standard InChI is InChI=1S/C11H18N2S/c1-12(2)13-7-5-10(6-8-13)11-4-3-9-14-11/h3-4,9-10H,5-8H2,1-2H3. The number of hydrazine groups is 1. The number of piperidine rings is 1. The second-order valence-corrected chi connectivity index (χ2v) is 5.07. The average molecular weight is 210 g/mol. The third-order valence-electron chi connectivity index (χ3n) is 2.98. The summed E-state index contributed by atoms with van der Waals surface area (Å²) < 4.78 is 0. The van der Waals surface area contributed by atoms with E-state index in [4.69, 9.17) is 0 Å². The lowest BCUT2D eigenvalue weighted by Crippen LogP contribution is -2.42. The molecule has 1 aliphatic rings. The predicted octanol–water partition coefficient (Wildman–Crippen LogP) is 2.40. The molecule has 0 amide bonds. The van der Waals surface area contributed by atoms with Gasteiger partial charge in [-0.25, -0.2) is 10.0 Å². The second kappa shape index (κ2) is 4.43. The third kappa shape index (κ3) is 2.16. The van der Waals surface area contributed by atoms with Crippen molar-refractivity contribution in [3.8, 4) is 0 Å². The lowest BCUT2D eigenvalue weighted by atomic mass is 9.96. The molecule has 0 bridgehead atoms. The highest BCUT2D eigenvalue weighted by atomic mass is 32.1. The lowest BCUT2D eigenvalue weighted by molar-refractivity contribution is 0.00260. The van der Waals surface area contributed by atoms with Crippen LogP contribution in [0.1, 0.15) is 23.6 Å². The normalized spacial score (nSPS) is 20.5. The van der Waals surface area contributed by atoms with Crippen LogP contribution in [0.2, 0.25) is 0 Å². The zero-order valence-electron chi connectivity index (χ0n) is 8.94. The number of hydrogen-bond acceptors (Lipinski definition) is 3. The first-order chi connectivity index (χ1) is 6.77. The van der Waals surface area contributed by atoms with E-state index in [0.717, 1.165) is 5.92 Å². The Kier molecular flexibility index (Phi) is 3.21. The van der Waals surface area contributed by atoms with Gasteiger partial charge in [0.15, 0.2) is 0 Å². The van der Waals surface area contributed by atoms with Crippen LogP contribution in [0.4, 0.5) is 0 Å². The highest BCUT2D eigenvalue weighted by Gasteiger charge is 2.21. The van der Waals surface area contributed by atoms with Crippen LogP contribution >= 0.6 is 11.3 Å². The highest BCUT2D eigenvalue weighted by molar-refractivity contribution is 7.10. The quantitative estimate of drug-likeness (QED) is 0.739. The fourth-order valence-electron chi connectivity index (χ4n) is 2.07. The fourth-order valence-corrected chi connectivity index (χ4v) is 2.97. The van der Waals surface area contributed by atoms with Gasteiger partial charge in [-0.2, -0.15) is 0 Å². The molecule has 78 valence electrons. The lowest BCUT2D eigenvalue weighted by Gasteiger charge is -2.35. The Labute approximate surface area is 90.1 Å². The van der Waals surface area contributed by atoms with Gasteiger partial charge in [0.25, 0.3) is 0 Å². The molecule has 0 saturated carbocycles. The van der Waals surface area contributed by atoms with Crippen LogP contribution < -0.4 is 0 Å². The Balaban J connectivity index is 1.90. The molecule has 0 N–H and O–H groups in total. The third-order valence-corrected chi connectivity index (χ3v) is 4.02. The molecule has 14 heavy (non-hydrogen) atoms. The van der Waals surface area contributed by atoms with Crippen molar-refractivity contribution in [2.24, 2.45) is 0 Å². The Morgan fingerprint density at radius 1 is 1.36 bits per heavy atom. The summed E-state index contributed by atoms with van der Waals surface area (Å²) in [6, 6.07) is 4.44. The minimum atomic E-state index is 0.811. The fraction of sp³-hybridized carbons (Fsp3) is 0.636. The van der Waals surface area contributed by atoms with Gasteiger partial charge in [0, 0.05) is 32.1 Å². The molecule has 0 spiro atoms. The summed E-state index contributed by atoms with van der Waals surface area (Å²) in [5, 5.41) is 6.82. The van der Waals surface area contributed by atoms with Crippen LogP contribution in [0.5, 0.6) is 0 Å². The van der Waals surface area contributed by atoms with Gasteiger partial charge in [0.05, 0.1) is 0 Å². The van der Waals surface area contributed by atoms with Crippen molar-refractivity contribution in [1.82, 2.24) is 10.0 Å². The van der Waals surface area contributed by atoms with E-state index >= 15 is 0 Å². The minimum absolute atomic E-state index is 0.811. The molecule has 0 aromatic carbocycles. The van der Waals surface area contributed by atoms with Gasteiger partial charge in [-0.3, -0.25) is 0 Å². The van der Waals surface area contributed by atoms with Crippen LogP contribution in [-0.2, 0) is 0 Å². The van der Waals surface area contributed by atoms with Crippen LogP contribution in [0.25, 0.3) is 0 Å². The molecule has 2 rings (SSSR count). The second-order valence-electron chi connectivity index (χ2n) is 4.09. The highest BCUT2D eigenvalue weighted by Crippen LogP contribution is 2.30. The average Bonchev–Trinajstić information content (AvgIpc) is 2.71. The van der Waals surface area contributed by atoms with E-state index in [1.54, 1.807) is 4.88 Å². The molecule has 0 radical (unpaired) electrons. The molecule has 1 aromatic heterocycles. The SMILES string of the molecule is CN(C)N1CCC(c2cccs2)CC1. The van der Waals surface area contributed by atoms with E-state index in [1.807, 2.05) is 11.3 Å². The van der Waals surface area contributed by atoms with Crippen molar-refractivity contribution in [2.75, 3.05) is 27.2 Å². The monoisotopic (exact) mass is 210 g/mol. The minimum Gasteiger partial charge on any atom is -0.248 e. The molecule has 1 saturated heterocycles. The molecule has 1 aromatic rings. The maximum absolute atomic E-state index is 2.42. The van der Waals surface area contributed by atoms with Crippen molar-refractivity contribution in [2.45, 2.75) is 18.8 Å². The molecule has 1 aliphatic heterocycles. The van der Waals surface area contributed by atoms with Gasteiger partial charge in [0.2, 0.25) is 0 Å². The van der Waals surface area contributed by atoms with Crippen molar-refractivity contribution < 1.29 is 0 Å². The van der Waals surface area contributed by atoms with Crippen molar-refractivity contribution in [1.29, 1.82) is 0 Å². The summed E-state index contributed by atoms with van der Waals surface area (Å²) in [5.41, 5.74) is 0. The molecule has 2 heterocycles. The molecule has 0 unspecified atom stereocenters. The topological polar surface area (TPSA) is 6.48 Å². The van der Waals surface area contributed by atoms with E-state index in [-0.39, 0.29) is 0 Å². The van der Waals surface area contributed by atoms with Gasteiger partial charge in [-0.1, -0.05) is 6.07 Å². The van der Waals surface area contributed by atoms with Gasteiger partial charge in [0.1, 0.15) is 0 Å². The first kappa shape index (κ1) is 10.1. The first-order valence-corrected chi connectivity index (χ1v) is 6.11. The van der Waals surface area contributed by atoms with E-state index in [0.29, 0.717) is 0 Å². The van der Waals surface area contributed by atoms with Crippen molar-refractivity contribution in [3.05, 3.63) is 22.4 Å². The number of hydrogen-bond donors (Lipinski definition) is 0. The summed E-state index contributed by atoms with van der Waals surface area (Å²) in [6.07, 6.45) is 2.61. The zero-order valence-corrected chi connectivity index (χ0v) is 9.76. The van der Waals surface area contributed by atoms with Gasteiger partial charge in [-0.05, 0) is 30.2 Å².